The molecule has 5 heterocycles. The lowest BCUT2D eigenvalue weighted by atomic mass is 9.75. The molecule has 5 nitrogen and oxygen atoms in total. The maximum Gasteiger partial charge on any atom is 0.231 e. The molecule has 5 aliphatic rings. The maximum atomic E-state index is 12.9. The van der Waals surface area contributed by atoms with Crippen LogP contribution in [0, 0.1) is 5.92 Å². The summed E-state index contributed by atoms with van der Waals surface area (Å²) in [7, 11) is 0. The number of allylic oxidation sites excluding steroid dienone is 1. The van der Waals surface area contributed by atoms with Crippen molar-refractivity contribution in [1.29, 1.82) is 0 Å². The highest BCUT2D eigenvalue weighted by atomic mass is 16.7. The van der Waals surface area contributed by atoms with Crippen LogP contribution in [-0.2, 0) is 4.79 Å². The summed E-state index contributed by atoms with van der Waals surface area (Å²) in [5.74, 6) is 2.95. The number of hydrogen-bond acceptors (Lipinski definition) is 4. The molecule has 1 amide bonds. The van der Waals surface area contributed by atoms with Gasteiger partial charge >= 0.3 is 0 Å². The van der Waals surface area contributed by atoms with Crippen LogP contribution in [0.4, 0.5) is 0 Å². The summed E-state index contributed by atoms with van der Waals surface area (Å²) < 4.78 is 11.1. The molecule has 138 valence electrons. The number of ether oxygens (including phenoxy) is 2. The zero-order chi connectivity index (χ0) is 17.7. The van der Waals surface area contributed by atoms with E-state index in [0.717, 1.165) is 18.0 Å². The van der Waals surface area contributed by atoms with Gasteiger partial charge in [0.2, 0.25) is 12.7 Å². The van der Waals surface area contributed by atoms with Gasteiger partial charge in [0.05, 0.1) is 6.04 Å². The molecule has 0 N–H and O–H groups in total. The molecule has 0 spiro atoms. The molecule has 3 atom stereocenters. The summed E-state index contributed by atoms with van der Waals surface area (Å²) in [4.78, 5) is 17.7. The molecule has 2 bridgehead atoms. The number of amides is 1. The number of carbonyl (C=O) groups is 1. The molecule has 4 fully saturated rings. The summed E-state index contributed by atoms with van der Waals surface area (Å²) in [5.41, 5.74) is 1.28. The van der Waals surface area contributed by atoms with E-state index in [2.05, 4.69) is 21.9 Å². The smallest absolute Gasteiger partial charge is 0.231 e. The van der Waals surface area contributed by atoms with E-state index in [0.29, 0.717) is 37.1 Å². The molecule has 0 aliphatic carbocycles. The number of nitrogens with zero attached hydrogens (tertiary/aromatic N) is 2. The molecule has 0 saturated carbocycles. The van der Waals surface area contributed by atoms with Crippen molar-refractivity contribution in [2.45, 2.75) is 44.2 Å². The van der Waals surface area contributed by atoms with E-state index >= 15 is 0 Å². The highest BCUT2D eigenvalue weighted by molar-refractivity contribution is 5.79. The van der Waals surface area contributed by atoms with Crippen molar-refractivity contribution < 1.29 is 14.3 Å². The average molecular weight is 354 g/mol. The molecule has 1 aromatic carbocycles. The van der Waals surface area contributed by atoms with Crippen LogP contribution in [0.3, 0.4) is 0 Å². The summed E-state index contributed by atoms with van der Waals surface area (Å²) in [6.45, 7) is 5.44. The zero-order valence-electron chi connectivity index (χ0n) is 15.3. The third-order valence-electron chi connectivity index (χ3n) is 6.67. The predicted octanol–water partition coefficient (Wildman–Crippen LogP) is 2.77. The quantitative estimate of drug-likeness (QED) is 0.783. The largest absolute Gasteiger partial charge is 0.454 e. The monoisotopic (exact) mass is 354 g/mol. The third kappa shape index (κ3) is 2.44. The average Bonchev–Trinajstić information content (AvgIpc) is 3.32. The predicted molar refractivity (Wildman–Crippen MR) is 98.3 cm³/mol. The van der Waals surface area contributed by atoms with E-state index in [1.165, 1.54) is 31.5 Å². The highest BCUT2D eigenvalue weighted by Crippen LogP contribution is 2.48. The van der Waals surface area contributed by atoms with Crippen molar-refractivity contribution in [3.8, 4) is 11.5 Å². The lowest BCUT2D eigenvalue weighted by molar-refractivity contribution is -0.135. The van der Waals surface area contributed by atoms with Gasteiger partial charge in [-0.15, -0.1) is 0 Å². The SMILES string of the molecule is C/C=C/CC(=O)N1C[C@H](c2ccc3c(c2)OCO3)[C@H]2[C@@H]1C1CCN2CC1. The minimum absolute atomic E-state index is 0.273. The molecule has 0 unspecified atom stereocenters. The Kier molecular flexibility index (Phi) is 3.92. The van der Waals surface area contributed by atoms with E-state index in [1.807, 2.05) is 25.1 Å². The van der Waals surface area contributed by atoms with Crippen LogP contribution >= 0.6 is 0 Å². The second-order valence-corrected chi connectivity index (χ2v) is 7.89. The third-order valence-corrected chi connectivity index (χ3v) is 6.67. The standard InChI is InChI=1S/C21H26N2O3/c1-2-3-4-19(24)23-12-16(15-5-6-17-18(11-15)26-13-25-17)21-20(23)14-7-9-22(21)10-8-14/h2-3,5-6,11,14,16,20-21H,4,7-10,12-13H2,1H3/b3-2+/t16-,20+,21+/m1/s1. The lowest BCUT2D eigenvalue weighted by Gasteiger charge is -2.51. The fourth-order valence-corrected chi connectivity index (χ4v) is 5.48. The van der Waals surface area contributed by atoms with Gasteiger partial charge in [-0.1, -0.05) is 18.2 Å². The number of rotatable bonds is 3. The zero-order valence-corrected chi connectivity index (χ0v) is 15.3. The molecular weight excluding hydrogens is 328 g/mol. The van der Waals surface area contributed by atoms with Crippen molar-refractivity contribution in [3.05, 3.63) is 35.9 Å². The molecule has 0 radical (unpaired) electrons. The summed E-state index contributed by atoms with van der Waals surface area (Å²) >= 11 is 0. The summed E-state index contributed by atoms with van der Waals surface area (Å²) in [6.07, 6.45) is 6.91. The number of likely N-dealkylation sites (tertiary alicyclic amines) is 1. The van der Waals surface area contributed by atoms with Gasteiger partial charge in [0, 0.05) is 24.9 Å². The summed E-state index contributed by atoms with van der Waals surface area (Å²) in [6, 6.07) is 7.13. The Hall–Kier alpha value is -2.01. The molecule has 26 heavy (non-hydrogen) atoms. The first-order valence-corrected chi connectivity index (χ1v) is 9.80. The minimum Gasteiger partial charge on any atom is -0.454 e. The molecule has 1 aromatic rings. The van der Waals surface area contributed by atoms with E-state index < -0.39 is 0 Å². The first-order valence-electron chi connectivity index (χ1n) is 9.80. The normalized spacial score (nSPS) is 34.5. The second-order valence-electron chi connectivity index (χ2n) is 7.89. The van der Waals surface area contributed by atoms with Gasteiger partial charge in [0.1, 0.15) is 0 Å². The fraction of sp³-hybridized carbons (Fsp3) is 0.571. The van der Waals surface area contributed by atoms with Crippen molar-refractivity contribution in [2.75, 3.05) is 26.4 Å². The van der Waals surface area contributed by atoms with Gasteiger partial charge < -0.3 is 14.4 Å². The van der Waals surface area contributed by atoms with Crippen molar-refractivity contribution >= 4 is 5.91 Å². The maximum absolute atomic E-state index is 12.9. The minimum atomic E-state index is 0.273. The molecule has 5 heteroatoms. The molecule has 6 rings (SSSR count). The van der Waals surface area contributed by atoms with Crippen LogP contribution in [0.25, 0.3) is 0 Å². The fourth-order valence-electron chi connectivity index (χ4n) is 5.48. The lowest BCUT2D eigenvalue weighted by Crippen LogP contribution is -2.60. The molecule has 4 saturated heterocycles. The van der Waals surface area contributed by atoms with Crippen LogP contribution in [0.5, 0.6) is 11.5 Å². The van der Waals surface area contributed by atoms with E-state index in [1.54, 1.807) is 0 Å². The van der Waals surface area contributed by atoms with Gasteiger partial charge in [-0.2, -0.15) is 0 Å². The van der Waals surface area contributed by atoms with E-state index in [-0.39, 0.29) is 5.91 Å². The van der Waals surface area contributed by atoms with Gasteiger partial charge in [0.15, 0.2) is 11.5 Å². The molecule has 5 aliphatic heterocycles. The van der Waals surface area contributed by atoms with Gasteiger partial charge in [-0.3, -0.25) is 9.69 Å². The number of fused-ring (bicyclic) bond motifs is 3. The Morgan fingerprint density at radius 1 is 1.19 bits per heavy atom. The highest BCUT2D eigenvalue weighted by Gasteiger charge is 2.54. The number of benzene rings is 1. The number of carbonyl (C=O) groups excluding carboxylic acids is 1. The Balaban J connectivity index is 1.48. The molecule has 0 aromatic heterocycles. The Morgan fingerprint density at radius 3 is 2.81 bits per heavy atom. The van der Waals surface area contributed by atoms with Crippen LogP contribution in [-0.4, -0.2) is 54.2 Å². The Bertz CT molecular complexity index is 739. The van der Waals surface area contributed by atoms with Crippen molar-refractivity contribution in [1.82, 2.24) is 9.80 Å². The van der Waals surface area contributed by atoms with Gasteiger partial charge in [0.25, 0.3) is 0 Å². The number of hydrogen-bond donors (Lipinski definition) is 0. The van der Waals surface area contributed by atoms with Crippen molar-refractivity contribution in [2.24, 2.45) is 5.92 Å². The van der Waals surface area contributed by atoms with Gasteiger partial charge in [-0.05, 0) is 56.5 Å². The van der Waals surface area contributed by atoms with Gasteiger partial charge in [-0.25, -0.2) is 0 Å². The summed E-state index contributed by atoms with van der Waals surface area (Å²) in [5, 5.41) is 0. The Morgan fingerprint density at radius 2 is 2.00 bits per heavy atom. The van der Waals surface area contributed by atoms with Crippen LogP contribution in [0.15, 0.2) is 30.4 Å². The van der Waals surface area contributed by atoms with Crippen LogP contribution in [0.2, 0.25) is 0 Å². The first kappa shape index (κ1) is 16.2. The topological polar surface area (TPSA) is 42.0 Å². The second kappa shape index (κ2) is 6.31. The van der Waals surface area contributed by atoms with E-state index in [9.17, 15) is 4.79 Å². The van der Waals surface area contributed by atoms with E-state index in [4.69, 9.17) is 9.47 Å². The number of piperidine rings is 3. The van der Waals surface area contributed by atoms with Crippen LogP contribution in [0.1, 0.15) is 37.7 Å². The first-order chi connectivity index (χ1) is 12.8. The van der Waals surface area contributed by atoms with Crippen LogP contribution < -0.4 is 9.47 Å². The Labute approximate surface area is 154 Å². The molecular formula is C21H26N2O3. The van der Waals surface area contributed by atoms with Crippen molar-refractivity contribution in [3.63, 3.8) is 0 Å².